The highest BCUT2D eigenvalue weighted by molar-refractivity contribution is 14.1. The van der Waals surface area contributed by atoms with Crippen molar-refractivity contribution in [3.8, 4) is 0 Å². The highest BCUT2D eigenvalue weighted by Gasteiger charge is 2.56. The summed E-state index contributed by atoms with van der Waals surface area (Å²) < 4.78 is 27.1. The lowest BCUT2D eigenvalue weighted by molar-refractivity contribution is -0.0660. The fraction of sp³-hybridized carbons (Fsp3) is 0.750. The Morgan fingerprint density at radius 3 is 2.88 bits per heavy atom. The molecule has 2 fully saturated rings. The van der Waals surface area contributed by atoms with Crippen LogP contribution < -0.4 is 0 Å². The molecule has 0 aromatic carbocycles. The van der Waals surface area contributed by atoms with E-state index in [4.69, 9.17) is 30.2 Å². The molecule has 2 saturated heterocycles. The van der Waals surface area contributed by atoms with Gasteiger partial charge < -0.3 is 22.3 Å². The van der Waals surface area contributed by atoms with Crippen LogP contribution in [-0.2, 0) is 17.1 Å². The highest BCUT2D eigenvalue weighted by atomic mass is 127. The van der Waals surface area contributed by atoms with Gasteiger partial charge in [0.1, 0.15) is 48.7 Å². The van der Waals surface area contributed by atoms with E-state index < -0.39 is 31.4 Å². The normalized spacial score (nSPS) is 42.2. The number of hydrogen-bond donors (Lipinski definition) is 2. The van der Waals surface area contributed by atoms with Crippen LogP contribution >= 0.6 is 30.6 Å². The lowest BCUT2D eigenvalue weighted by Crippen LogP contribution is -2.48. The van der Waals surface area contributed by atoms with Crippen molar-refractivity contribution in [3.05, 3.63) is 11.9 Å². The summed E-state index contributed by atoms with van der Waals surface area (Å²) in [7, 11) is 1.53. The fourth-order valence-electron chi connectivity index (χ4n) is 2.14. The first-order valence-electron chi connectivity index (χ1n) is 4.96. The molecule has 0 amide bonds. The summed E-state index contributed by atoms with van der Waals surface area (Å²) in [5.74, 6) is 0.829. The Morgan fingerprint density at radius 2 is 2.29 bits per heavy atom. The molecule has 2 radical (unpaired) electrons. The summed E-state index contributed by atoms with van der Waals surface area (Å²) in [4.78, 5) is 17.7. The molecular formula is C8H11BIO6P. The summed E-state index contributed by atoms with van der Waals surface area (Å²) in [6.07, 6.45) is 0.914. The molecule has 2 rings (SSSR count). The molecule has 0 aliphatic carbocycles. The quantitative estimate of drug-likeness (QED) is 0.426. The van der Waals surface area contributed by atoms with E-state index in [9.17, 15) is 4.57 Å². The summed E-state index contributed by atoms with van der Waals surface area (Å²) >= 11 is 1.71. The number of hydrogen-bond acceptors (Lipinski definition) is 4. The van der Waals surface area contributed by atoms with Crippen LogP contribution in [0.15, 0.2) is 11.9 Å². The van der Waals surface area contributed by atoms with Gasteiger partial charge in [0.15, 0.2) is 0 Å². The third kappa shape index (κ3) is 2.78. The molecule has 2 aliphatic heterocycles. The largest absolute Gasteiger partial charge is 0.373 e. The number of ether oxygens (including phenoxy) is 2. The van der Waals surface area contributed by atoms with Crippen LogP contribution in [0.25, 0.3) is 0 Å². The van der Waals surface area contributed by atoms with Gasteiger partial charge in [-0.05, 0) is 6.08 Å². The van der Waals surface area contributed by atoms with Gasteiger partial charge >= 0.3 is 7.60 Å². The summed E-state index contributed by atoms with van der Waals surface area (Å²) in [5.41, 5.74) is -0.912. The van der Waals surface area contributed by atoms with Crippen molar-refractivity contribution in [2.24, 2.45) is 0 Å². The second-order valence-corrected chi connectivity index (χ2v) is 6.02. The van der Waals surface area contributed by atoms with Gasteiger partial charge in [-0.15, -0.1) is 0 Å². The molecular weight excluding hydrogens is 361 g/mol. The second kappa shape index (κ2) is 4.92. The van der Waals surface area contributed by atoms with Gasteiger partial charge in [0, 0.05) is 18.2 Å². The van der Waals surface area contributed by atoms with Crippen molar-refractivity contribution in [1.82, 2.24) is 0 Å². The van der Waals surface area contributed by atoms with Gasteiger partial charge in [-0.25, -0.2) is 0 Å². The average Bonchev–Trinajstić information content (AvgIpc) is 2.38. The third-order valence-corrected chi connectivity index (χ3v) is 3.99. The molecule has 94 valence electrons. The number of rotatable bonds is 3. The monoisotopic (exact) mass is 372 g/mol. The number of fused-ring (bicyclic) bond motifs is 2. The maximum Gasteiger partial charge on any atom is 0.348 e. The van der Waals surface area contributed by atoms with Crippen LogP contribution in [0.5, 0.6) is 0 Å². The van der Waals surface area contributed by atoms with Crippen LogP contribution in [0, 0.1) is 0 Å². The maximum atomic E-state index is 10.9. The zero-order valence-corrected chi connectivity index (χ0v) is 11.8. The molecule has 4 atom stereocenters. The predicted molar refractivity (Wildman–Crippen MR) is 67.8 cm³/mol. The Hall–Kier alpha value is 0.565. The van der Waals surface area contributed by atoms with E-state index >= 15 is 0 Å². The van der Waals surface area contributed by atoms with E-state index in [-0.39, 0.29) is 0 Å². The van der Waals surface area contributed by atoms with Crippen LogP contribution in [-0.4, -0.2) is 48.1 Å². The Balaban J connectivity index is 2.28. The second-order valence-electron chi connectivity index (χ2n) is 4.04. The topological polar surface area (TPSA) is 85.2 Å². The summed E-state index contributed by atoms with van der Waals surface area (Å²) in [5, 5.41) is 0. The van der Waals surface area contributed by atoms with Gasteiger partial charge in [0.2, 0.25) is 0 Å². The molecule has 0 aromatic rings. The predicted octanol–water partition coefficient (Wildman–Crippen LogP) is 0.465. The van der Waals surface area contributed by atoms with Crippen LogP contribution in [0.2, 0.25) is 0 Å². The van der Waals surface area contributed by atoms with E-state index in [1.807, 2.05) is 0 Å². The summed E-state index contributed by atoms with van der Waals surface area (Å²) in [6, 6.07) is -0.654. The first-order chi connectivity index (χ1) is 7.88. The molecule has 2 unspecified atom stereocenters. The number of halogens is 1. The van der Waals surface area contributed by atoms with Gasteiger partial charge in [0.25, 0.3) is 0 Å². The molecule has 2 aliphatic rings. The SMILES string of the molecule is [B][C@@H]1O[C@@]2(/C=C/P(=O)(O)O)CCOC1C2OI. The minimum atomic E-state index is -4.23. The lowest BCUT2D eigenvalue weighted by Gasteiger charge is -2.35. The van der Waals surface area contributed by atoms with E-state index in [1.165, 1.54) is 6.08 Å². The van der Waals surface area contributed by atoms with E-state index in [2.05, 4.69) is 0 Å². The Kier molecular flexibility index (Phi) is 4.05. The van der Waals surface area contributed by atoms with E-state index in [0.29, 0.717) is 13.0 Å². The minimum Gasteiger partial charge on any atom is -0.373 e. The van der Waals surface area contributed by atoms with E-state index in [1.54, 1.807) is 23.0 Å². The van der Waals surface area contributed by atoms with Crippen molar-refractivity contribution in [3.63, 3.8) is 0 Å². The average molecular weight is 372 g/mol. The maximum absolute atomic E-state index is 10.9. The smallest absolute Gasteiger partial charge is 0.348 e. The molecule has 0 saturated carbocycles. The molecule has 17 heavy (non-hydrogen) atoms. The fourth-order valence-corrected chi connectivity index (χ4v) is 3.31. The molecule has 2 heterocycles. The minimum absolute atomic E-state index is 0.415. The van der Waals surface area contributed by atoms with Gasteiger partial charge in [-0.2, -0.15) is 0 Å². The Labute approximate surface area is 114 Å². The zero-order valence-electron chi connectivity index (χ0n) is 8.73. The van der Waals surface area contributed by atoms with Crippen LogP contribution in [0.1, 0.15) is 6.42 Å². The summed E-state index contributed by atoms with van der Waals surface area (Å²) in [6.45, 7) is 0.417. The Bertz CT molecular complexity index is 373. The molecule has 0 aromatic heterocycles. The van der Waals surface area contributed by atoms with Crippen molar-refractivity contribution >= 4 is 38.4 Å². The van der Waals surface area contributed by atoms with Gasteiger partial charge in [-0.3, -0.25) is 4.57 Å². The first kappa shape index (κ1) is 14.0. The highest BCUT2D eigenvalue weighted by Crippen LogP contribution is 2.45. The third-order valence-electron chi connectivity index (χ3n) is 2.91. The van der Waals surface area contributed by atoms with Crippen LogP contribution in [0.3, 0.4) is 0 Å². The van der Waals surface area contributed by atoms with Gasteiger partial charge in [0.05, 0.1) is 6.61 Å². The molecule has 6 nitrogen and oxygen atoms in total. The van der Waals surface area contributed by atoms with Crippen molar-refractivity contribution in [1.29, 1.82) is 0 Å². The van der Waals surface area contributed by atoms with E-state index in [0.717, 1.165) is 5.82 Å². The molecule has 9 heteroatoms. The molecule has 0 spiro atoms. The van der Waals surface area contributed by atoms with Gasteiger partial charge in [-0.1, -0.05) is 0 Å². The first-order valence-corrected chi connectivity index (χ1v) is 7.52. The standard InChI is InChI=1S/C8H11BIO6P/c9-7-5-6(16-10)8(15-7,1-3-14-5)2-4-17(11,12)13/h2,4-7H,1,3H2,(H2,11,12,13)/b4-2+/t5?,6?,7-,8-/m1/s1. The van der Waals surface area contributed by atoms with Crippen molar-refractivity contribution < 1.29 is 26.9 Å². The van der Waals surface area contributed by atoms with Crippen molar-refractivity contribution in [2.75, 3.05) is 6.61 Å². The van der Waals surface area contributed by atoms with Crippen molar-refractivity contribution in [2.45, 2.75) is 30.2 Å². The zero-order chi connectivity index (χ0) is 12.7. The molecule has 2 N–H and O–H groups in total. The van der Waals surface area contributed by atoms with Crippen LogP contribution in [0.4, 0.5) is 0 Å². The Morgan fingerprint density at radius 1 is 1.59 bits per heavy atom. The molecule has 2 bridgehead atoms. The lowest BCUT2D eigenvalue weighted by atomic mass is 9.86.